The van der Waals surface area contributed by atoms with Crippen molar-refractivity contribution in [2.24, 2.45) is 17.8 Å². The number of carbonyl (C=O) groups excluding carboxylic acids is 3. The van der Waals surface area contributed by atoms with E-state index in [9.17, 15) is 19.5 Å². The zero-order chi connectivity index (χ0) is 26.2. The van der Waals surface area contributed by atoms with Crippen molar-refractivity contribution in [2.45, 2.75) is 69.0 Å². The molecule has 2 unspecified atom stereocenters. The second-order valence-corrected chi connectivity index (χ2v) is 11.9. The lowest BCUT2D eigenvalue weighted by Crippen LogP contribution is -2.56. The summed E-state index contributed by atoms with van der Waals surface area (Å²) in [6.45, 7) is 9.81. The summed E-state index contributed by atoms with van der Waals surface area (Å²) in [5.74, 6) is -1.54. The Kier molecular flexibility index (Phi) is 7.90. The number of aliphatic hydroxyl groups is 1. The molecule has 3 heterocycles. The maximum atomic E-state index is 14.0. The van der Waals surface area contributed by atoms with E-state index in [2.05, 4.69) is 29.4 Å². The second kappa shape index (κ2) is 10.6. The molecule has 198 valence electrons. The first-order valence-electron chi connectivity index (χ1n) is 13.3. The van der Waals surface area contributed by atoms with Crippen LogP contribution in [0.1, 0.15) is 47.0 Å². The van der Waals surface area contributed by atoms with E-state index < -0.39 is 28.7 Å². The van der Waals surface area contributed by atoms with E-state index in [1.165, 1.54) is 0 Å². The minimum absolute atomic E-state index is 0.0125. The lowest BCUT2D eigenvalue weighted by atomic mass is 9.70. The summed E-state index contributed by atoms with van der Waals surface area (Å²) >= 11 is 1.64. The van der Waals surface area contributed by atoms with Gasteiger partial charge in [0.15, 0.2) is 0 Å². The van der Waals surface area contributed by atoms with E-state index in [4.69, 9.17) is 0 Å². The fourth-order valence-corrected chi connectivity index (χ4v) is 8.79. The monoisotopic (exact) mass is 516 g/mol. The molecule has 1 aromatic rings. The summed E-state index contributed by atoms with van der Waals surface area (Å²) in [6.07, 6.45) is 2.28. The Balaban J connectivity index is 1.69. The number of aliphatic hydroxyl groups excluding tert-OH is 1. The Bertz CT molecular complexity index is 984. The molecule has 2 bridgehead atoms. The third-order valence-corrected chi connectivity index (χ3v) is 10.6. The smallest absolute Gasteiger partial charge is 0.248 e. The van der Waals surface area contributed by atoms with Gasteiger partial charge in [-0.15, -0.1) is 11.8 Å². The molecular formula is C27H40N4O4S. The van der Waals surface area contributed by atoms with Crippen molar-refractivity contribution in [1.82, 2.24) is 10.2 Å². The summed E-state index contributed by atoms with van der Waals surface area (Å²) in [6, 6.07) is 6.56. The number of nitrogens with one attached hydrogen (secondary N) is 2. The van der Waals surface area contributed by atoms with Crippen molar-refractivity contribution >= 4 is 40.9 Å². The SMILES string of the molecule is CC[C@H](C)[C@H](CO)N1C(=O)[C@@H]2[C@@H](C(=O)NC)[C@H]3CCC2(S3)C1C(=O)Nc1ccc(N(CC)CC)cc1. The molecule has 3 amide bonds. The molecule has 3 N–H and O–H groups in total. The Labute approximate surface area is 218 Å². The molecule has 0 aromatic heterocycles. The molecule has 3 aliphatic heterocycles. The summed E-state index contributed by atoms with van der Waals surface area (Å²) in [7, 11) is 1.60. The van der Waals surface area contributed by atoms with Gasteiger partial charge >= 0.3 is 0 Å². The summed E-state index contributed by atoms with van der Waals surface area (Å²) in [5.41, 5.74) is 1.76. The maximum absolute atomic E-state index is 14.0. The number of hydrogen-bond donors (Lipinski definition) is 3. The number of rotatable bonds is 10. The number of amides is 3. The average molecular weight is 517 g/mol. The number of hydrogen-bond acceptors (Lipinski definition) is 6. The molecule has 0 saturated carbocycles. The lowest BCUT2D eigenvalue weighted by Gasteiger charge is -2.39. The van der Waals surface area contributed by atoms with E-state index in [1.807, 2.05) is 38.1 Å². The first-order chi connectivity index (χ1) is 17.3. The van der Waals surface area contributed by atoms with Crippen molar-refractivity contribution < 1.29 is 19.5 Å². The summed E-state index contributed by atoms with van der Waals surface area (Å²) < 4.78 is -0.662. The quantitative estimate of drug-likeness (QED) is 0.442. The van der Waals surface area contributed by atoms with Crippen LogP contribution in [-0.4, -0.2) is 76.6 Å². The fraction of sp³-hybridized carbons (Fsp3) is 0.667. The molecular weight excluding hydrogens is 476 g/mol. The molecule has 1 aromatic carbocycles. The van der Waals surface area contributed by atoms with Gasteiger partial charge < -0.3 is 25.5 Å². The van der Waals surface area contributed by atoms with Crippen LogP contribution in [0.3, 0.4) is 0 Å². The summed E-state index contributed by atoms with van der Waals surface area (Å²) in [4.78, 5) is 44.8. The van der Waals surface area contributed by atoms with Crippen LogP contribution in [-0.2, 0) is 14.4 Å². The fourth-order valence-electron chi connectivity index (χ4n) is 6.58. The molecule has 8 nitrogen and oxygen atoms in total. The number of likely N-dealkylation sites (tertiary alicyclic amines) is 1. The van der Waals surface area contributed by atoms with Crippen LogP contribution in [0.4, 0.5) is 11.4 Å². The van der Waals surface area contributed by atoms with E-state index >= 15 is 0 Å². The van der Waals surface area contributed by atoms with E-state index in [-0.39, 0.29) is 35.5 Å². The zero-order valence-corrected chi connectivity index (χ0v) is 22.8. The number of carbonyl (C=O) groups is 3. The van der Waals surface area contributed by atoms with Gasteiger partial charge in [0.05, 0.1) is 29.2 Å². The Morgan fingerprint density at radius 3 is 2.42 bits per heavy atom. The third-order valence-electron chi connectivity index (χ3n) is 8.64. The third kappa shape index (κ3) is 4.18. The maximum Gasteiger partial charge on any atom is 0.248 e. The zero-order valence-electron chi connectivity index (χ0n) is 22.0. The molecule has 36 heavy (non-hydrogen) atoms. The van der Waals surface area contributed by atoms with Gasteiger partial charge in [-0.3, -0.25) is 14.4 Å². The highest BCUT2D eigenvalue weighted by Gasteiger charge is 2.74. The van der Waals surface area contributed by atoms with Gasteiger partial charge in [0.1, 0.15) is 6.04 Å². The highest BCUT2D eigenvalue weighted by molar-refractivity contribution is 8.02. The number of anilines is 2. The normalized spacial score (nSPS) is 30.2. The first-order valence-corrected chi connectivity index (χ1v) is 14.1. The molecule has 1 spiro atoms. The number of thioether (sulfide) groups is 1. The molecule has 3 saturated heterocycles. The minimum Gasteiger partial charge on any atom is -0.394 e. The summed E-state index contributed by atoms with van der Waals surface area (Å²) in [5, 5.41) is 16.2. The average Bonchev–Trinajstić information content (AvgIpc) is 3.53. The number of nitrogens with zero attached hydrogens (tertiary/aromatic N) is 2. The van der Waals surface area contributed by atoms with Crippen LogP contribution in [0.5, 0.6) is 0 Å². The Hall–Kier alpha value is -2.26. The molecule has 0 aliphatic carbocycles. The van der Waals surface area contributed by atoms with Gasteiger partial charge in [-0.25, -0.2) is 0 Å². The van der Waals surface area contributed by atoms with E-state index in [0.29, 0.717) is 12.1 Å². The molecule has 7 atom stereocenters. The molecule has 0 radical (unpaired) electrons. The predicted molar refractivity (Wildman–Crippen MR) is 144 cm³/mol. The molecule has 9 heteroatoms. The van der Waals surface area contributed by atoms with Crippen molar-refractivity contribution in [2.75, 3.05) is 37.0 Å². The minimum atomic E-state index is -0.742. The number of benzene rings is 1. The van der Waals surface area contributed by atoms with Crippen molar-refractivity contribution in [3.05, 3.63) is 24.3 Å². The highest BCUT2D eigenvalue weighted by atomic mass is 32.2. The molecule has 4 rings (SSSR count). The van der Waals surface area contributed by atoms with Crippen molar-refractivity contribution in [3.8, 4) is 0 Å². The van der Waals surface area contributed by atoms with E-state index in [0.717, 1.165) is 31.6 Å². The second-order valence-electron chi connectivity index (χ2n) is 10.3. The predicted octanol–water partition coefficient (Wildman–Crippen LogP) is 2.72. The lowest BCUT2D eigenvalue weighted by molar-refractivity contribution is -0.143. The van der Waals surface area contributed by atoms with Crippen LogP contribution in [0.15, 0.2) is 24.3 Å². The molecule has 3 aliphatic rings. The van der Waals surface area contributed by atoms with Crippen LogP contribution in [0.2, 0.25) is 0 Å². The van der Waals surface area contributed by atoms with Crippen LogP contribution in [0.25, 0.3) is 0 Å². The first kappa shape index (κ1) is 26.8. The topological polar surface area (TPSA) is 102 Å². The molecule has 3 fully saturated rings. The highest BCUT2D eigenvalue weighted by Crippen LogP contribution is 2.66. The van der Waals surface area contributed by atoms with Gasteiger partial charge in [0.25, 0.3) is 0 Å². The van der Waals surface area contributed by atoms with Gasteiger partial charge in [-0.2, -0.15) is 0 Å². The van der Waals surface area contributed by atoms with E-state index in [1.54, 1.807) is 23.7 Å². The van der Waals surface area contributed by atoms with Gasteiger partial charge in [-0.05, 0) is 56.9 Å². The van der Waals surface area contributed by atoms with Gasteiger partial charge in [-0.1, -0.05) is 20.3 Å². The van der Waals surface area contributed by atoms with Crippen LogP contribution in [0, 0.1) is 17.8 Å². The van der Waals surface area contributed by atoms with Crippen molar-refractivity contribution in [3.63, 3.8) is 0 Å². The van der Waals surface area contributed by atoms with Crippen LogP contribution < -0.4 is 15.5 Å². The van der Waals surface area contributed by atoms with Gasteiger partial charge in [0.2, 0.25) is 17.7 Å². The Morgan fingerprint density at radius 2 is 1.86 bits per heavy atom. The Morgan fingerprint density at radius 1 is 1.19 bits per heavy atom. The number of fused-ring (bicyclic) bond motifs is 1. The largest absolute Gasteiger partial charge is 0.394 e. The van der Waals surface area contributed by atoms with Crippen molar-refractivity contribution in [1.29, 1.82) is 0 Å². The standard InChI is InChI=1S/C27H40N4O4S/c1-6-16(4)19(15-32)31-23(25(34)29-17-9-11-18(12-10-17)30(7-2)8-3)27-14-13-20(36-27)21(24(33)28-5)22(27)26(31)35/h9-12,16,19-23,32H,6-8,13-15H2,1-5H3,(H,28,33)(H,29,34)/t16-,19-,20+,21-,22-,23?,27?/m0/s1. The van der Waals surface area contributed by atoms with Crippen LogP contribution >= 0.6 is 11.8 Å². The van der Waals surface area contributed by atoms with Gasteiger partial charge in [0, 0.05) is 36.8 Å².